The Balaban J connectivity index is 0.000000149. The first-order valence-electron chi connectivity index (χ1n) is 4.84. The van der Waals surface area contributed by atoms with E-state index < -0.39 is 0 Å². The van der Waals surface area contributed by atoms with Crippen molar-refractivity contribution in [3.8, 4) is 0 Å². The molecule has 3 aromatic rings. The van der Waals surface area contributed by atoms with Crippen LogP contribution in [-0.4, -0.2) is 19.7 Å². The van der Waals surface area contributed by atoms with Crippen LogP contribution in [0.25, 0.3) is 10.2 Å². The molecule has 0 radical (unpaired) electrons. The van der Waals surface area contributed by atoms with Gasteiger partial charge in [0, 0.05) is 12.1 Å². The predicted octanol–water partition coefficient (Wildman–Crippen LogP) is 3.34. The van der Waals surface area contributed by atoms with Gasteiger partial charge < -0.3 is 4.57 Å². The largest absolute Gasteiger partial charge is 0.312 e. The Morgan fingerprint density at radius 3 is 2.67 bits per heavy atom. The molecule has 1 aromatic carbocycles. The van der Waals surface area contributed by atoms with Gasteiger partial charge in [0.05, 0.1) is 10.2 Å². The molecule has 0 unspecified atom stereocenters. The van der Waals surface area contributed by atoms with Crippen LogP contribution in [0.1, 0.15) is 0 Å². The highest BCUT2D eigenvalue weighted by Crippen LogP contribution is 2.26. The molecule has 0 fully saturated rings. The number of aromatic nitrogens is 4. The minimum Gasteiger partial charge on any atom is -0.312 e. The lowest BCUT2D eigenvalue weighted by molar-refractivity contribution is 0.793. The van der Waals surface area contributed by atoms with E-state index in [2.05, 4.69) is 40.4 Å². The van der Waals surface area contributed by atoms with Gasteiger partial charge in [-0.2, -0.15) is 0 Å². The first kappa shape index (κ1) is 13.7. The summed E-state index contributed by atoms with van der Waals surface area (Å²) in [4.78, 5) is 4.17. The van der Waals surface area contributed by atoms with Crippen molar-refractivity contribution >= 4 is 58.4 Å². The lowest BCUT2D eigenvalue weighted by atomic mass is 10.3. The number of aryl methyl sites for hydroxylation is 1. The van der Waals surface area contributed by atoms with Gasteiger partial charge in [-0.15, -0.1) is 46.8 Å². The first-order chi connectivity index (χ1) is 8.56. The van der Waals surface area contributed by atoms with Crippen LogP contribution >= 0.6 is 48.2 Å². The molecule has 0 bridgehead atoms. The van der Waals surface area contributed by atoms with Gasteiger partial charge in [0.15, 0.2) is 5.16 Å². The van der Waals surface area contributed by atoms with Gasteiger partial charge in [-0.05, 0) is 18.2 Å². The van der Waals surface area contributed by atoms with E-state index in [-0.39, 0.29) is 0 Å². The summed E-state index contributed by atoms with van der Waals surface area (Å²) in [6, 6.07) is 5.65. The summed E-state index contributed by atoms with van der Waals surface area (Å²) in [6.07, 6.45) is 1.60. The van der Waals surface area contributed by atoms with Gasteiger partial charge in [-0.25, -0.2) is 4.98 Å². The molecule has 0 amide bonds. The SMILES string of the molecule is Cn1cnnc1S.Sc1nc2cc(Cl)ccc2s1. The van der Waals surface area contributed by atoms with E-state index in [0.29, 0.717) is 5.16 Å². The number of thiol groups is 2. The Labute approximate surface area is 124 Å². The Kier molecular flexibility index (Phi) is 4.50. The van der Waals surface area contributed by atoms with Crippen LogP contribution in [0.4, 0.5) is 0 Å². The number of halogens is 1. The first-order valence-corrected chi connectivity index (χ1v) is 6.93. The monoisotopic (exact) mass is 316 g/mol. The highest BCUT2D eigenvalue weighted by Gasteiger charge is 1.99. The van der Waals surface area contributed by atoms with Gasteiger partial charge in [0.2, 0.25) is 0 Å². The zero-order valence-electron chi connectivity index (χ0n) is 9.28. The van der Waals surface area contributed by atoms with E-state index in [0.717, 1.165) is 19.6 Å². The molecular weight excluding hydrogens is 308 g/mol. The molecular formula is C10H9ClN4S3. The van der Waals surface area contributed by atoms with Crippen molar-refractivity contribution in [1.29, 1.82) is 0 Å². The fraction of sp³-hybridized carbons (Fsp3) is 0.100. The number of thiazole rings is 1. The summed E-state index contributed by atoms with van der Waals surface area (Å²) in [5.74, 6) is 0. The summed E-state index contributed by atoms with van der Waals surface area (Å²) in [7, 11) is 1.84. The van der Waals surface area contributed by atoms with Crippen LogP contribution in [0.5, 0.6) is 0 Å². The fourth-order valence-corrected chi connectivity index (χ4v) is 2.52. The van der Waals surface area contributed by atoms with Gasteiger partial charge in [0.1, 0.15) is 10.7 Å². The maximum Gasteiger partial charge on any atom is 0.187 e. The molecule has 0 aliphatic heterocycles. The number of hydrogen-bond donors (Lipinski definition) is 2. The topological polar surface area (TPSA) is 43.6 Å². The van der Waals surface area contributed by atoms with Crippen molar-refractivity contribution in [1.82, 2.24) is 19.7 Å². The molecule has 0 aliphatic rings. The Morgan fingerprint density at radius 1 is 1.33 bits per heavy atom. The molecule has 4 nitrogen and oxygen atoms in total. The highest BCUT2D eigenvalue weighted by molar-refractivity contribution is 7.83. The molecule has 0 saturated carbocycles. The van der Waals surface area contributed by atoms with Crippen LogP contribution in [0.15, 0.2) is 34.0 Å². The molecule has 3 rings (SSSR count). The zero-order chi connectivity index (χ0) is 13.1. The third-order valence-corrected chi connectivity index (χ3v) is 3.88. The van der Waals surface area contributed by atoms with E-state index in [9.17, 15) is 0 Å². The van der Waals surface area contributed by atoms with E-state index >= 15 is 0 Å². The molecule has 94 valence electrons. The third kappa shape index (κ3) is 3.38. The molecule has 0 N–H and O–H groups in total. The maximum absolute atomic E-state index is 5.77. The molecule has 2 heterocycles. The number of nitrogens with zero attached hydrogens (tertiary/aromatic N) is 4. The van der Waals surface area contributed by atoms with Crippen molar-refractivity contribution in [2.24, 2.45) is 7.05 Å². The van der Waals surface area contributed by atoms with Crippen molar-refractivity contribution in [2.75, 3.05) is 0 Å². The number of fused-ring (bicyclic) bond motifs is 1. The molecule has 0 saturated heterocycles. The van der Waals surface area contributed by atoms with Crippen molar-refractivity contribution in [3.05, 3.63) is 29.5 Å². The fourth-order valence-electron chi connectivity index (χ4n) is 1.17. The van der Waals surface area contributed by atoms with Crippen LogP contribution in [0.2, 0.25) is 5.02 Å². The standard InChI is InChI=1S/C7H4ClNS2.C3H5N3S/c8-4-1-2-6-5(3-4)9-7(10)11-6;1-6-2-4-5-3(6)7/h1-3H,(H,9,10);2H,1H3,(H,5,7). The second-order valence-corrected chi connectivity index (χ2v) is 5.94. The predicted molar refractivity (Wildman–Crippen MR) is 80.1 cm³/mol. The smallest absolute Gasteiger partial charge is 0.187 e. The van der Waals surface area contributed by atoms with E-state index in [1.807, 2.05) is 25.2 Å². The number of benzene rings is 1. The summed E-state index contributed by atoms with van der Waals surface area (Å²) in [5, 5.41) is 8.51. The molecule has 18 heavy (non-hydrogen) atoms. The normalized spacial score (nSPS) is 10.2. The van der Waals surface area contributed by atoms with Gasteiger partial charge >= 0.3 is 0 Å². The average Bonchev–Trinajstić information content (AvgIpc) is 2.85. The average molecular weight is 317 g/mol. The lowest BCUT2D eigenvalue weighted by Crippen LogP contribution is -1.83. The van der Waals surface area contributed by atoms with E-state index in [1.165, 1.54) is 0 Å². The summed E-state index contributed by atoms with van der Waals surface area (Å²) < 4.78 is 3.63. The molecule has 2 aromatic heterocycles. The minimum atomic E-state index is 0.639. The summed E-state index contributed by atoms with van der Waals surface area (Å²) in [6.45, 7) is 0. The van der Waals surface area contributed by atoms with Crippen molar-refractivity contribution < 1.29 is 0 Å². The maximum atomic E-state index is 5.77. The number of hydrogen-bond acceptors (Lipinski definition) is 6. The Bertz CT molecular complexity index is 647. The molecule has 8 heteroatoms. The van der Waals surface area contributed by atoms with Crippen molar-refractivity contribution in [2.45, 2.75) is 9.50 Å². The molecule has 0 spiro atoms. The van der Waals surface area contributed by atoms with E-state index in [1.54, 1.807) is 22.2 Å². The van der Waals surface area contributed by atoms with Gasteiger partial charge in [0.25, 0.3) is 0 Å². The van der Waals surface area contributed by atoms with Gasteiger partial charge in [-0.1, -0.05) is 11.6 Å². The lowest BCUT2D eigenvalue weighted by Gasteiger charge is -1.86. The number of rotatable bonds is 0. The summed E-state index contributed by atoms with van der Waals surface area (Å²) in [5.41, 5.74) is 0.924. The Morgan fingerprint density at radius 2 is 2.11 bits per heavy atom. The second kappa shape index (κ2) is 5.92. The zero-order valence-corrected chi connectivity index (χ0v) is 12.6. The van der Waals surface area contributed by atoms with E-state index in [4.69, 9.17) is 11.6 Å². The summed E-state index contributed by atoms with van der Waals surface area (Å²) >= 11 is 15.4. The quantitative estimate of drug-likeness (QED) is 0.625. The Hall–Kier alpha value is -0.760. The van der Waals surface area contributed by atoms with Crippen LogP contribution in [0.3, 0.4) is 0 Å². The second-order valence-electron chi connectivity index (χ2n) is 3.35. The highest BCUT2D eigenvalue weighted by atomic mass is 35.5. The molecule has 0 aliphatic carbocycles. The third-order valence-electron chi connectivity index (χ3n) is 2.03. The van der Waals surface area contributed by atoms with Gasteiger partial charge in [-0.3, -0.25) is 0 Å². The molecule has 0 atom stereocenters. The van der Waals surface area contributed by atoms with Crippen LogP contribution in [-0.2, 0) is 7.05 Å². The van der Waals surface area contributed by atoms with Crippen LogP contribution < -0.4 is 0 Å². The minimum absolute atomic E-state index is 0.639. The van der Waals surface area contributed by atoms with Crippen molar-refractivity contribution in [3.63, 3.8) is 0 Å². The van der Waals surface area contributed by atoms with Crippen LogP contribution in [0, 0.1) is 0 Å².